The monoisotopic (exact) mass is 193 g/mol. The largest absolute Gasteiger partial charge is 0.412 e. The van der Waals surface area contributed by atoms with Crippen LogP contribution in [0.25, 0.3) is 0 Å². The number of carbonyl (C=O) groups excluding carboxylic acids is 1. The summed E-state index contributed by atoms with van der Waals surface area (Å²) < 4.78 is 4.86. The van der Waals surface area contributed by atoms with Gasteiger partial charge in [-0.1, -0.05) is 18.2 Å². The molecule has 4 N–H and O–H groups in total. The van der Waals surface area contributed by atoms with Crippen LogP contribution in [0.3, 0.4) is 0 Å². The first-order valence-electron chi connectivity index (χ1n) is 4.02. The standard InChI is InChI=1S/C9H11N3O2/c10-8(11)6-12-9(13)14-7-4-2-1-3-5-7/h1-5H,6H2,(H3,10,11)(H,12,13). The number of hydrogen-bond donors (Lipinski definition) is 3. The Morgan fingerprint density at radius 1 is 1.43 bits per heavy atom. The molecule has 14 heavy (non-hydrogen) atoms. The minimum Gasteiger partial charge on any atom is -0.410 e. The molecular formula is C9H11N3O2. The third kappa shape index (κ3) is 3.57. The molecule has 0 aliphatic rings. The Hall–Kier alpha value is -2.04. The fourth-order valence-electron chi connectivity index (χ4n) is 0.799. The molecule has 0 aliphatic carbocycles. The van der Waals surface area contributed by atoms with Crippen molar-refractivity contribution in [2.75, 3.05) is 6.54 Å². The summed E-state index contributed by atoms with van der Waals surface area (Å²) in [4.78, 5) is 11.0. The summed E-state index contributed by atoms with van der Waals surface area (Å²) in [5.41, 5.74) is 5.05. The summed E-state index contributed by atoms with van der Waals surface area (Å²) in [5.74, 6) is 0.337. The van der Waals surface area contributed by atoms with E-state index in [-0.39, 0.29) is 12.4 Å². The number of hydrogen-bond acceptors (Lipinski definition) is 3. The first kappa shape index (κ1) is 10.0. The molecule has 1 aromatic carbocycles. The second-order valence-corrected chi connectivity index (χ2v) is 2.58. The molecule has 0 saturated carbocycles. The molecule has 0 spiro atoms. The molecule has 74 valence electrons. The van der Waals surface area contributed by atoms with Crippen LogP contribution in [0.15, 0.2) is 30.3 Å². The maximum absolute atomic E-state index is 11.0. The van der Waals surface area contributed by atoms with Crippen molar-refractivity contribution < 1.29 is 9.53 Å². The van der Waals surface area contributed by atoms with Gasteiger partial charge in [0.1, 0.15) is 11.6 Å². The molecule has 0 radical (unpaired) electrons. The van der Waals surface area contributed by atoms with E-state index < -0.39 is 6.09 Å². The highest BCUT2D eigenvalue weighted by Gasteiger charge is 2.02. The van der Waals surface area contributed by atoms with Gasteiger partial charge in [-0.15, -0.1) is 0 Å². The third-order valence-electron chi connectivity index (χ3n) is 1.38. The van der Waals surface area contributed by atoms with Crippen molar-refractivity contribution in [1.29, 1.82) is 5.41 Å². The molecule has 0 aromatic heterocycles. The van der Waals surface area contributed by atoms with Crippen molar-refractivity contribution in [1.82, 2.24) is 5.32 Å². The van der Waals surface area contributed by atoms with E-state index in [1.165, 1.54) is 0 Å². The summed E-state index contributed by atoms with van der Waals surface area (Å²) in [6, 6.07) is 8.65. The SMILES string of the molecule is N=C(N)CNC(=O)Oc1ccccc1. The Labute approximate surface area is 81.4 Å². The molecule has 5 heteroatoms. The maximum atomic E-state index is 11.0. The molecule has 0 saturated heterocycles. The topological polar surface area (TPSA) is 88.2 Å². The molecule has 1 amide bonds. The van der Waals surface area contributed by atoms with Crippen LogP contribution in [-0.4, -0.2) is 18.5 Å². The van der Waals surface area contributed by atoms with Crippen molar-refractivity contribution in [3.05, 3.63) is 30.3 Å². The highest BCUT2D eigenvalue weighted by Crippen LogP contribution is 2.07. The zero-order chi connectivity index (χ0) is 10.4. The van der Waals surface area contributed by atoms with Crippen molar-refractivity contribution in [3.8, 4) is 5.75 Å². The summed E-state index contributed by atoms with van der Waals surface area (Å²) in [7, 11) is 0. The van der Waals surface area contributed by atoms with Gasteiger partial charge in [-0.05, 0) is 12.1 Å². The Kier molecular flexibility index (Phi) is 3.49. The quantitative estimate of drug-likeness (QED) is 0.488. The van der Waals surface area contributed by atoms with Crippen molar-refractivity contribution in [2.24, 2.45) is 5.73 Å². The van der Waals surface area contributed by atoms with Gasteiger partial charge in [-0.2, -0.15) is 0 Å². The smallest absolute Gasteiger partial charge is 0.410 e. The van der Waals surface area contributed by atoms with Gasteiger partial charge < -0.3 is 15.8 Å². The van der Waals surface area contributed by atoms with Crippen LogP contribution in [-0.2, 0) is 0 Å². The highest BCUT2D eigenvalue weighted by atomic mass is 16.5. The maximum Gasteiger partial charge on any atom is 0.412 e. The average molecular weight is 193 g/mol. The van der Waals surface area contributed by atoms with E-state index in [0.29, 0.717) is 5.75 Å². The van der Waals surface area contributed by atoms with E-state index in [9.17, 15) is 4.79 Å². The second kappa shape index (κ2) is 4.86. The van der Waals surface area contributed by atoms with Gasteiger partial charge >= 0.3 is 6.09 Å². The van der Waals surface area contributed by atoms with Gasteiger partial charge in [-0.25, -0.2) is 4.79 Å². The van der Waals surface area contributed by atoms with Crippen LogP contribution in [0.5, 0.6) is 5.75 Å². The van der Waals surface area contributed by atoms with Crippen LogP contribution in [0.1, 0.15) is 0 Å². The zero-order valence-corrected chi connectivity index (χ0v) is 7.49. The number of nitrogens with one attached hydrogen (secondary N) is 2. The first-order valence-corrected chi connectivity index (χ1v) is 4.02. The van der Waals surface area contributed by atoms with Crippen LogP contribution in [0, 0.1) is 5.41 Å². The minimum atomic E-state index is -0.619. The normalized spacial score (nSPS) is 9.14. The molecule has 0 unspecified atom stereocenters. The van der Waals surface area contributed by atoms with Crippen molar-refractivity contribution >= 4 is 11.9 Å². The Bertz CT molecular complexity index is 324. The van der Waals surface area contributed by atoms with Crippen LogP contribution < -0.4 is 15.8 Å². The number of amidine groups is 1. The minimum absolute atomic E-state index is 0.00827. The lowest BCUT2D eigenvalue weighted by Crippen LogP contribution is -2.34. The second-order valence-electron chi connectivity index (χ2n) is 2.58. The van der Waals surface area contributed by atoms with Gasteiger partial charge in [0.15, 0.2) is 0 Å². The van der Waals surface area contributed by atoms with E-state index in [2.05, 4.69) is 5.32 Å². The fourth-order valence-corrected chi connectivity index (χ4v) is 0.799. The van der Waals surface area contributed by atoms with E-state index >= 15 is 0 Å². The summed E-state index contributed by atoms with van der Waals surface area (Å²) in [6.45, 7) is -0.00827. The number of ether oxygens (including phenoxy) is 1. The molecule has 1 rings (SSSR count). The van der Waals surface area contributed by atoms with Gasteiger partial charge in [0.05, 0.1) is 6.54 Å². The van der Waals surface area contributed by atoms with E-state index in [1.54, 1.807) is 24.3 Å². The third-order valence-corrected chi connectivity index (χ3v) is 1.38. The van der Waals surface area contributed by atoms with Gasteiger partial charge in [-0.3, -0.25) is 5.41 Å². The molecule has 1 aromatic rings. The van der Waals surface area contributed by atoms with Crippen molar-refractivity contribution in [2.45, 2.75) is 0 Å². The number of amides is 1. The number of rotatable bonds is 3. The zero-order valence-electron chi connectivity index (χ0n) is 7.49. The Morgan fingerprint density at radius 3 is 2.64 bits per heavy atom. The van der Waals surface area contributed by atoms with E-state index in [0.717, 1.165) is 0 Å². The number of nitrogens with two attached hydrogens (primary N) is 1. The van der Waals surface area contributed by atoms with Crippen LogP contribution in [0.2, 0.25) is 0 Å². The predicted octanol–water partition coefficient (Wildman–Crippen LogP) is 0.711. The van der Waals surface area contributed by atoms with Gasteiger partial charge in [0, 0.05) is 0 Å². The van der Waals surface area contributed by atoms with Gasteiger partial charge in [0.25, 0.3) is 0 Å². The lowest BCUT2D eigenvalue weighted by atomic mass is 10.3. The molecule has 0 fully saturated rings. The average Bonchev–Trinajstić information content (AvgIpc) is 2.16. The highest BCUT2D eigenvalue weighted by molar-refractivity contribution is 5.83. The van der Waals surface area contributed by atoms with Crippen LogP contribution in [0.4, 0.5) is 4.79 Å². The molecule has 5 nitrogen and oxygen atoms in total. The van der Waals surface area contributed by atoms with E-state index in [1.807, 2.05) is 6.07 Å². The number of carbonyl (C=O) groups is 1. The van der Waals surface area contributed by atoms with Crippen molar-refractivity contribution in [3.63, 3.8) is 0 Å². The molecule has 0 heterocycles. The summed E-state index contributed by atoms with van der Waals surface area (Å²) >= 11 is 0. The molecule has 0 bridgehead atoms. The lowest BCUT2D eigenvalue weighted by molar-refractivity contribution is 0.202. The van der Waals surface area contributed by atoms with Gasteiger partial charge in [0.2, 0.25) is 0 Å². The predicted molar refractivity (Wildman–Crippen MR) is 52.4 cm³/mol. The van der Waals surface area contributed by atoms with Crippen LogP contribution >= 0.6 is 0 Å². The summed E-state index contributed by atoms with van der Waals surface area (Å²) in [6.07, 6.45) is -0.619. The molecular weight excluding hydrogens is 182 g/mol. The number of benzene rings is 1. The van der Waals surface area contributed by atoms with E-state index in [4.69, 9.17) is 15.9 Å². The Balaban J connectivity index is 2.38. The summed E-state index contributed by atoms with van der Waals surface area (Å²) in [5, 5.41) is 9.19. The Morgan fingerprint density at radius 2 is 2.07 bits per heavy atom. The fraction of sp³-hybridized carbons (Fsp3) is 0.111. The number of para-hydroxylation sites is 1. The lowest BCUT2D eigenvalue weighted by Gasteiger charge is -2.04. The molecule has 0 aliphatic heterocycles. The first-order chi connectivity index (χ1) is 6.68. The molecule has 0 atom stereocenters.